The van der Waals surface area contributed by atoms with E-state index in [1.807, 2.05) is 0 Å². The minimum Gasteiger partial charge on any atom is -0.508 e. The van der Waals surface area contributed by atoms with Crippen LogP contribution >= 0.6 is 0 Å². The van der Waals surface area contributed by atoms with Crippen molar-refractivity contribution in [3.63, 3.8) is 0 Å². The van der Waals surface area contributed by atoms with Crippen molar-refractivity contribution >= 4 is 28.4 Å². The first kappa shape index (κ1) is 19.0. The number of esters is 1. The van der Waals surface area contributed by atoms with E-state index < -0.39 is 24.1 Å². The summed E-state index contributed by atoms with van der Waals surface area (Å²) in [5.41, 5.74) is 0.142. The van der Waals surface area contributed by atoms with Crippen LogP contribution in [0, 0.1) is 5.41 Å². The molecular weight excluding hydrogens is 338 g/mol. The number of aromatic nitrogens is 2. The van der Waals surface area contributed by atoms with Crippen LogP contribution in [0.4, 0.5) is 0 Å². The number of hydrogen-bond acceptors (Lipinski definition) is 7. The fourth-order valence-corrected chi connectivity index (χ4v) is 2.51. The highest BCUT2D eigenvalue weighted by Crippen LogP contribution is 2.09. The number of allylic oxidation sites excluding steroid dienone is 1. The van der Waals surface area contributed by atoms with Gasteiger partial charge in [-0.2, -0.15) is 5.10 Å². The number of ketones is 1. The van der Waals surface area contributed by atoms with Crippen molar-refractivity contribution in [1.82, 2.24) is 9.78 Å². The van der Waals surface area contributed by atoms with Crippen molar-refractivity contribution in [3.05, 3.63) is 52.0 Å². The van der Waals surface area contributed by atoms with Crippen LogP contribution in [-0.4, -0.2) is 39.0 Å². The Morgan fingerprint density at radius 2 is 1.96 bits per heavy atom. The molecule has 8 nitrogen and oxygen atoms in total. The van der Waals surface area contributed by atoms with Gasteiger partial charge in [0, 0.05) is 11.1 Å². The fourth-order valence-electron chi connectivity index (χ4n) is 2.51. The highest BCUT2D eigenvalue weighted by molar-refractivity contribution is 6.19. The Balaban J connectivity index is 2.03. The number of aliphatic hydroxyl groups excluding tert-OH is 1. The molecule has 2 rings (SSSR count). The quantitative estimate of drug-likeness (QED) is 0.337. The number of rotatable bonds is 7. The van der Waals surface area contributed by atoms with Gasteiger partial charge in [0.1, 0.15) is 12.4 Å². The second-order valence-electron chi connectivity index (χ2n) is 5.66. The summed E-state index contributed by atoms with van der Waals surface area (Å²) in [7, 11) is 0. The molecule has 1 aromatic heterocycles. The smallest absolute Gasteiger partial charge is 0.308 e. The molecule has 0 aliphatic carbocycles. The molecule has 0 atom stereocenters. The molecule has 0 spiro atoms. The van der Waals surface area contributed by atoms with Crippen molar-refractivity contribution < 1.29 is 19.4 Å². The summed E-state index contributed by atoms with van der Waals surface area (Å²) in [5, 5.41) is 21.8. The minimum atomic E-state index is -0.605. The van der Waals surface area contributed by atoms with Crippen molar-refractivity contribution in [2.75, 3.05) is 6.61 Å². The highest BCUT2D eigenvalue weighted by atomic mass is 16.5. The van der Waals surface area contributed by atoms with Crippen molar-refractivity contribution in [1.29, 1.82) is 5.41 Å². The molecule has 0 radical (unpaired) electrons. The van der Waals surface area contributed by atoms with E-state index in [1.54, 1.807) is 24.3 Å². The average Bonchev–Trinajstić information content (AvgIpc) is 2.59. The Kier molecular flexibility index (Phi) is 6.00. The predicted molar refractivity (Wildman–Crippen MR) is 95.3 cm³/mol. The number of fused-ring (bicyclic) bond motifs is 1. The van der Waals surface area contributed by atoms with Crippen LogP contribution in [0.5, 0.6) is 0 Å². The van der Waals surface area contributed by atoms with Gasteiger partial charge in [0.25, 0.3) is 0 Å². The number of aryl methyl sites for hydroxylation is 1. The lowest BCUT2D eigenvalue weighted by atomic mass is 10.1. The third-order valence-electron chi connectivity index (χ3n) is 3.68. The number of hydrogen-bond donors (Lipinski definition) is 2. The number of para-hydroxylation sites is 1. The SMILES string of the molecule is CC(=N)/C(C(C)=O)=C(/O)COC(=O)CCn1ncc(=O)c2ccccc21. The van der Waals surface area contributed by atoms with Gasteiger partial charge >= 0.3 is 5.97 Å². The molecule has 0 saturated heterocycles. The number of aliphatic hydroxyl groups is 1. The Hall–Kier alpha value is -3.29. The summed E-state index contributed by atoms with van der Waals surface area (Å²) in [4.78, 5) is 35.1. The first-order chi connectivity index (χ1) is 12.3. The van der Waals surface area contributed by atoms with Gasteiger partial charge in [-0.15, -0.1) is 0 Å². The van der Waals surface area contributed by atoms with Crippen LogP contribution in [0.2, 0.25) is 0 Å². The van der Waals surface area contributed by atoms with Crippen LogP contribution in [-0.2, 0) is 20.9 Å². The summed E-state index contributed by atoms with van der Waals surface area (Å²) < 4.78 is 6.47. The second kappa shape index (κ2) is 8.19. The standard InChI is InChI=1S/C18H19N3O5/c1-11(19)18(12(2)22)16(24)10-26-17(25)7-8-21-14-6-4-3-5-13(14)15(23)9-20-21/h3-6,9,19,24H,7-8,10H2,1-2H3/b18-16-,19-11?. The van der Waals surface area contributed by atoms with Crippen molar-refractivity contribution in [2.24, 2.45) is 0 Å². The van der Waals surface area contributed by atoms with Crippen molar-refractivity contribution in [3.8, 4) is 0 Å². The molecule has 0 fully saturated rings. The van der Waals surface area contributed by atoms with Gasteiger partial charge < -0.3 is 15.3 Å². The first-order valence-corrected chi connectivity index (χ1v) is 7.90. The number of Topliss-reactive ketones (excluding diaryl/α,β-unsaturated/α-hetero) is 1. The number of benzene rings is 1. The molecule has 0 aliphatic heterocycles. The van der Waals surface area contributed by atoms with Crippen LogP contribution in [0.25, 0.3) is 10.9 Å². The first-order valence-electron chi connectivity index (χ1n) is 7.90. The molecule has 1 aromatic carbocycles. The Labute approximate surface area is 149 Å². The van der Waals surface area contributed by atoms with Gasteiger partial charge in [-0.1, -0.05) is 12.1 Å². The van der Waals surface area contributed by atoms with Gasteiger partial charge in [0.2, 0.25) is 5.43 Å². The van der Waals surface area contributed by atoms with Crippen LogP contribution in [0.1, 0.15) is 20.3 Å². The van der Waals surface area contributed by atoms with Crippen LogP contribution in [0.3, 0.4) is 0 Å². The van der Waals surface area contributed by atoms with E-state index in [-0.39, 0.29) is 29.7 Å². The van der Waals surface area contributed by atoms with E-state index in [0.717, 1.165) is 0 Å². The lowest BCUT2D eigenvalue weighted by Gasteiger charge is -2.10. The monoisotopic (exact) mass is 357 g/mol. The predicted octanol–water partition coefficient (Wildman–Crippen LogP) is 1.77. The maximum Gasteiger partial charge on any atom is 0.308 e. The molecule has 0 saturated carbocycles. The van der Waals surface area contributed by atoms with E-state index in [0.29, 0.717) is 10.9 Å². The molecule has 2 N–H and O–H groups in total. The molecule has 136 valence electrons. The zero-order chi connectivity index (χ0) is 19.3. The summed E-state index contributed by atoms with van der Waals surface area (Å²) in [6, 6.07) is 6.93. The molecule has 0 amide bonds. The van der Waals surface area contributed by atoms with Gasteiger partial charge in [-0.05, 0) is 26.0 Å². The fraction of sp³-hybridized carbons (Fsp3) is 0.278. The number of carbonyl (C=O) groups is 2. The van der Waals surface area contributed by atoms with E-state index >= 15 is 0 Å². The third-order valence-corrected chi connectivity index (χ3v) is 3.68. The maximum absolute atomic E-state index is 11.9. The topological polar surface area (TPSA) is 122 Å². The maximum atomic E-state index is 11.9. The summed E-state index contributed by atoms with van der Waals surface area (Å²) >= 11 is 0. The zero-order valence-electron chi connectivity index (χ0n) is 14.5. The second-order valence-corrected chi connectivity index (χ2v) is 5.66. The number of carbonyl (C=O) groups excluding carboxylic acids is 2. The normalized spacial score (nSPS) is 11.8. The van der Waals surface area contributed by atoms with E-state index in [1.165, 1.54) is 24.7 Å². The van der Waals surface area contributed by atoms with E-state index in [2.05, 4.69) is 5.10 Å². The van der Waals surface area contributed by atoms with Crippen LogP contribution in [0.15, 0.2) is 46.6 Å². The number of nitrogens with zero attached hydrogens (tertiary/aromatic N) is 2. The molecule has 0 bridgehead atoms. The number of ether oxygens (including phenoxy) is 1. The third kappa shape index (κ3) is 4.41. The Morgan fingerprint density at radius 3 is 2.62 bits per heavy atom. The van der Waals surface area contributed by atoms with E-state index in [9.17, 15) is 19.5 Å². The highest BCUT2D eigenvalue weighted by Gasteiger charge is 2.15. The lowest BCUT2D eigenvalue weighted by Crippen LogP contribution is -2.17. The largest absolute Gasteiger partial charge is 0.508 e. The molecular formula is C18H19N3O5. The Morgan fingerprint density at radius 1 is 1.27 bits per heavy atom. The number of nitrogens with one attached hydrogen (secondary N) is 1. The summed E-state index contributed by atoms with van der Waals surface area (Å²) in [6.07, 6.45) is 1.15. The zero-order valence-corrected chi connectivity index (χ0v) is 14.5. The van der Waals surface area contributed by atoms with E-state index in [4.69, 9.17) is 10.1 Å². The summed E-state index contributed by atoms with van der Waals surface area (Å²) in [6.45, 7) is 2.29. The van der Waals surface area contributed by atoms with Crippen molar-refractivity contribution in [2.45, 2.75) is 26.8 Å². The van der Waals surface area contributed by atoms with Gasteiger partial charge in [-0.25, -0.2) is 0 Å². The van der Waals surface area contributed by atoms with Gasteiger partial charge in [0.05, 0.1) is 30.3 Å². The summed E-state index contributed by atoms with van der Waals surface area (Å²) in [5.74, 6) is -1.54. The van der Waals surface area contributed by atoms with Gasteiger partial charge in [0.15, 0.2) is 5.78 Å². The molecule has 0 aliphatic rings. The van der Waals surface area contributed by atoms with Gasteiger partial charge in [-0.3, -0.25) is 19.1 Å². The minimum absolute atomic E-state index is 0.0356. The molecule has 1 heterocycles. The van der Waals surface area contributed by atoms with Crippen LogP contribution < -0.4 is 5.43 Å². The Bertz CT molecular complexity index is 943. The molecule has 8 heteroatoms. The molecule has 2 aromatic rings. The lowest BCUT2D eigenvalue weighted by molar-refractivity contribution is -0.143. The molecule has 26 heavy (non-hydrogen) atoms. The molecule has 0 unspecified atom stereocenters. The average molecular weight is 357 g/mol.